The van der Waals surface area contributed by atoms with E-state index in [4.69, 9.17) is 21.4 Å². The van der Waals surface area contributed by atoms with Crippen LogP contribution in [0, 0.1) is 5.82 Å². The van der Waals surface area contributed by atoms with E-state index in [0.29, 0.717) is 11.5 Å². The lowest BCUT2D eigenvalue weighted by Crippen LogP contribution is -1.71. The van der Waals surface area contributed by atoms with E-state index in [9.17, 15) is 4.39 Å². The first-order valence-corrected chi connectivity index (χ1v) is 2.97. The Morgan fingerprint density at radius 3 is 3.00 bits per heavy atom. The van der Waals surface area contributed by atoms with Crippen molar-refractivity contribution in [2.24, 2.45) is 0 Å². The number of ether oxygens (including phenoxy) is 1. The van der Waals surface area contributed by atoms with Crippen molar-refractivity contribution in [1.82, 2.24) is 0 Å². The molecule has 2 rings (SSSR count). The number of benzene rings is 1. The van der Waals surface area contributed by atoms with Crippen molar-refractivity contribution in [2.75, 3.05) is 0 Å². The van der Waals surface area contributed by atoms with E-state index in [1.807, 2.05) is 0 Å². The molecular formula is C6H2ClFO2. The summed E-state index contributed by atoms with van der Waals surface area (Å²) in [7, 11) is 0. The Hall–Kier alpha value is -0.960. The minimum absolute atomic E-state index is 0.144. The van der Waals surface area contributed by atoms with Gasteiger partial charge in [0.15, 0.2) is 23.1 Å². The van der Waals surface area contributed by atoms with Crippen LogP contribution < -0.4 is 4.74 Å². The van der Waals surface area contributed by atoms with E-state index in [1.165, 1.54) is 6.07 Å². The van der Waals surface area contributed by atoms with E-state index < -0.39 is 11.6 Å². The van der Waals surface area contributed by atoms with Crippen molar-refractivity contribution in [3.8, 4) is 17.2 Å². The van der Waals surface area contributed by atoms with Crippen LogP contribution in [0.15, 0.2) is 6.07 Å². The number of phenols is 1. The molecule has 4 heteroatoms. The molecule has 1 aromatic carbocycles. The smallest absolute Gasteiger partial charge is 0.191 e. The number of hydrogen-bond donors (Lipinski definition) is 1. The van der Waals surface area contributed by atoms with Gasteiger partial charge in [0.25, 0.3) is 0 Å². The number of hydrogen-bond acceptors (Lipinski definition) is 2. The Morgan fingerprint density at radius 1 is 1.60 bits per heavy atom. The molecule has 0 fully saturated rings. The zero-order valence-electron chi connectivity index (χ0n) is 4.69. The fourth-order valence-electron chi connectivity index (χ4n) is 0.732. The van der Waals surface area contributed by atoms with E-state index >= 15 is 0 Å². The summed E-state index contributed by atoms with van der Waals surface area (Å²) < 4.78 is 17.3. The first-order chi connectivity index (χ1) is 4.70. The second-order valence-corrected chi connectivity index (χ2v) is 2.33. The van der Waals surface area contributed by atoms with Gasteiger partial charge in [-0.25, -0.2) is 4.39 Å². The van der Waals surface area contributed by atoms with Crippen molar-refractivity contribution in [3.05, 3.63) is 16.9 Å². The fraction of sp³-hybridized carbons (Fsp3) is 0. The molecule has 0 radical (unpaired) electrons. The highest BCUT2D eigenvalue weighted by Gasteiger charge is 2.29. The van der Waals surface area contributed by atoms with Crippen LogP contribution in [0.25, 0.3) is 0 Å². The summed E-state index contributed by atoms with van der Waals surface area (Å²) in [6.45, 7) is 0. The van der Waals surface area contributed by atoms with Gasteiger partial charge < -0.3 is 9.84 Å². The third-order valence-electron chi connectivity index (χ3n) is 1.28. The Labute approximate surface area is 60.8 Å². The summed E-state index contributed by atoms with van der Waals surface area (Å²) >= 11 is 5.38. The molecule has 2 nitrogen and oxygen atoms in total. The molecule has 1 aromatic rings. The Kier molecular flexibility index (Phi) is 0.898. The molecule has 1 heterocycles. The number of phenolic OH excluding ortho intramolecular Hbond substituents is 1. The quantitative estimate of drug-likeness (QED) is 0.600. The fourth-order valence-corrected chi connectivity index (χ4v) is 0.961. The van der Waals surface area contributed by atoms with Gasteiger partial charge in [-0.15, -0.1) is 0 Å². The molecule has 0 atom stereocenters. The van der Waals surface area contributed by atoms with Crippen molar-refractivity contribution < 1.29 is 14.2 Å². The summed E-state index contributed by atoms with van der Waals surface area (Å²) in [6, 6.07) is 1.19. The van der Waals surface area contributed by atoms with Gasteiger partial charge in [0.1, 0.15) is 5.02 Å². The molecule has 0 bridgehead atoms. The molecule has 1 aliphatic rings. The number of rotatable bonds is 0. The lowest BCUT2D eigenvalue weighted by atomic mass is 10.3. The summed E-state index contributed by atoms with van der Waals surface area (Å²) in [5, 5.41) is 8.63. The molecule has 10 heavy (non-hydrogen) atoms. The normalized spacial score (nSPS) is 12.2. The first kappa shape index (κ1) is 5.80. The van der Waals surface area contributed by atoms with Crippen LogP contribution in [0.2, 0.25) is 5.02 Å². The number of aromatic hydroxyl groups is 1. The molecule has 0 unspecified atom stereocenters. The summed E-state index contributed by atoms with van der Waals surface area (Å²) in [4.78, 5) is 0. The van der Waals surface area contributed by atoms with Gasteiger partial charge >= 0.3 is 0 Å². The van der Waals surface area contributed by atoms with Gasteiger partial charge in [-0.05, 0) is 0 Å². The van der Waals surface area contributed by atoms with E-state index in [2.05, 4.69) is 0 Å². The molecule has 52 valence electrons. The molecule has 0 saturated carbocycles. The number of halogens is 2. The average Bonchev–Trinajstić information content (AvgIpc) is 2.62. The lowest BCUT2D eigenvalue weighted by Gasteiger charge is -1.89. The Morgan fingerprint density at radius 2 is 2.30 bits per heavy atom. The molecule has 0 amide bonds. The molecule has 1 aliphatic heterocycles. The minimum Gasteiger partial charge on any atom is -0.505 e. The van der Waals surface area contributed by atoms with Crippen LogP contribution in [0.1, 0.15) is 0 Å². The lowest BCUT2D eigenvalue weighted by molar-refractivity contribution is 0.433. The molecule has 0 aromatic heterocycles. The van der Waals surface area contributed by atoms with E-state index in [-0.39, 0.29) is 5.02 Å². The van der Waals surface area contributed by atoms with Crippen LogP contribution in [0.4, 0.5) is 4.39 Å². The largest absolute Gasteiger partial charge is 0.505 e. The highest BCUT2D eigenvalue weighted by Crippen LogP contribution is 2.54. The molecule has 1 N–H and O–H groups in total. The van der Waals surface area contributed by atoms with E-state index in [1.54, 1.807) is 0 Å². The zero-order valence-corrected chi connectivity index (χ0v) is 5.44. The summed E-state index contributed by atoms with van der Waals surface area (Å²) in [5.41, 5.74) is 0. The van der Waals surface area contributed by atoms with Crippen LogP contribution in [0.3, 0.4) is 0 Å². The standard InChI is InChI=1S/C6H2ClFO2/c7-4-5(8)2(9)1-3-6(4)10-3/h1,9H. The third kappa shape index (κ3) is 0.580. The maximum Gasteiger partial charge on any atom is 0.191 e. The van der Waals surface area contributed by atoms with Crippen LogP contribution in [-0.2, 0) is 0 Å². The molecular weight excluding hydrogens is 159 g/mol. The third-order valence-corrected chi connectivity index (χ3v) is 1.62. The first-order valence-electron chi connectivity index (χ1n) is 2.59. The summed E-state index contributed by atoms with van der Waals surface area (Å²) in [6.07, 6.45) is 0. The predicted molar refractivity (Wildman–Crippen MR) is 33.1 cm³/mol. The minimum atomic E-state index is -0.821. The predicted octanol–water partition coefficient (Wildman–Crippen LogP) is 2.29. The Balaban J connectivity index is 2.73. The molecule has 0 aliphatic carbocycles. The van der Waals surface area contributed by atoms with Crippen LogP contribution in [-0.4, -0.2) is 5.11 Å². The number of fused-ring (bicyclic) bond motifs is 1. The highest BCUT2D eigenvalue weighted by molar-refractivity contribution is 6.33. The van der Waals surface area contributed by atoms with Gasteiger partial charge in [-0.1, -0.05) is 11.6 Å². The maximum absolute atomic E-state index is 12.6. The van der Waals surface area contributed by atoms with Gasteiger partial charge in [0.05, 0.1) is 0 Å². The van der Waals surface area contributed by atoms with Gasteiger partial charge in [0.2, 0.25) is 0 Å². The van der Waals surface area contributed by atoms with Crippen molar-refractivity contribution in [3.63, 3.8) is 0 Å². The van der Waals surface area contributed by atoms with Gasteiger partial charge in [-0.2, -0.15) is 0 Å². The van der Waals surface area contributed by atoms with Crippen molar-refractivity contribution >= 4 is 11.6 Å². The highest BCUT2D eigenvalue weighted by atomic mass is 35.5. The topological polar surface area (TPSA) is 32.8 Å². The van der Waals surface area contributed by atoms with E-state index in [0.717, 1.165) is 0 Å². The maximum atomic E-state index is 12.6. The SMILES string of the molecule is Oc1cc2c(c(Cl)c1F)O2. The average molecular weight is 161 g/mol. The zero-order chi connectivity index (χ0) is 7.30. The van der Waals surface area contributed by atoms with Gasteiger partial charge in [-0.3, -0.25) is 0 Å². The molecule has 0 saturated heterocycles. The van der Waals surface area contributed by atoms with Crippen molar-refractivity contribution in [1.29, 1.82) is 0 Å². The van der Waals surface area contributed by atoms with Crippen molar-refractivity contribution in [2.45, 2.75) is 0 Å². The van der Waals surface area contributed by atoms with Gasteiger partial charge in [0, 0.05) is 6.07 Å². The Bertz CT molecular complexity index is 308. The van der Waals surface area contributed by atoms with Crippen LogP contribution in [0.5, 0.6) is 17.2 Å². The summed E-state index contributed by atoms with van der Waals surface area (Å²) in [5.74, 6) is -0.514. The van der Waals surface area contributed by atoms with Crippen LogP contribution >= 0.6 is 11.6 Å². The second-order valence-electron chi connectivity index (χ2n) is 1.95. The molecule has 0 spiro atoms. The monoisotopic (exact) mass is 160 g/mol. The second kappa shape index (κ2) is 1.55.